The van der Waals surface area contributed by atoms with Gasteiger partial charge in [-0.05, 0) is 13.5 Å². The predicted molar refractivity (Wildman–Crippen MR) is 30.3 cm³/mol. The van der Waals surface area contributed by atoms with Crippen LogP contribution in [0.1, 0.15) is 6.92 Å². The molecular weight excluding hydrogens is 104 g/mol. The zero-order valence-electron chi connectivity index (χ0n) is 4.64. The third kappa shape index (κ3) is 0.521. The number of hydrogen-bond acceptors (Lipinski definition) is 2. The van der Waals surface area contributed by atoms with Crippen LogP contribution in [-0.2, 0) is 4.84 Å². The Kier molecular flexibility index (Phi) is 0.901. The Morgan fingerprint density at radius 1 is 1.75 bits per heavy atom. The van der Waals surface area contributed by atoms with Crippen molar-refractivity contribution < 1.29 is 10.2 Å². The summed E-state index contributed by atoms with van der Waals surface area (Å²) in [5.41, 5.74) is 1.25. The smallest absolute Gasteiger partial charge is 0.266 e. The molecule has 0 atom stereocenters. The van der Waals surface area contributed by atoms with E-state index in [1.165, 1.54) is 0 Å². The zero-order valence-corrected chi connectivity index (χ0v) is 4.64. The number of oxime groups is 1. The third-order valence-electron chi connectivity index (χ3n) is 0.983. The highest BCUT2D eigenvalue weighted by molar-refractivity contribution is 6.45. The fourth-order valence-electron chi connectivity index (χ4n) is 0.424. The van der Waals surface area contributed by atoms with Crippen molar-refractivity contribution in [3.63, 3.8) is 0 Å². The monoisotopic (exact) mass is 111 g/mol. The third-order valence-corrected chi connectivity index (χ3v) is 0.983. The van der Waals surface area contributed by atoms with Crippen LogP contribution in [0, 0.1) is 0 Å². The van der Waals surface area contributed by atoms with Gasteiger partial charge in [0.2, 0.25) is 5.76 Å². The number of allylic oxidation sites excluding steroid dienone is 1. The van der Waals surface area contributed by atoms with E-state index in [0.717, 1.165) is 0 Å². The van der Waals surface area contributed by atoms with Gasteiger partial charge in [-0.15, -0.1) is 0 Å². The lowest BCUT2D eigenvalue weighted by Gasteiger charge is -1.80. The standard InChI is InChI=1S/C5H6N2O/c1-3-5(6)4(2)8-7-3/h6H,2H2,1H3/p+1. The van der Waals surface area contributed by atoms with Crippen molar-refractivity contribution in [3.05, 3.63) is 12.3 Å². The minimum atomic E-state index is 0.447. The summed E-state index contributed by atoms with van der Waals surface area (Å²) in [6.07, 6.45) is 0. The molecule has 0 fully saturated rings. The lowest BCUT2D eigenvalue weighted by atomic mass is 10.2. The van der Waals surface area contributed by atoms with Gasteiger partial charge in [0.25, 0.3) is 5.71 Å². The summed E-state index contributed by atoms with van der Waals surface area (Å²) in [5, 5.41) is 8.94. The van der Waals surface area contributed by atoms with Crippen molar-refractivity contribution in [1.29, 1.82) is 0 Å². The SMILES string of the molecule is C=C1ON=C(C)C1=[NH2+]. The average Bonchev–Trinajstić information content (AvgIpc) is 1.98. The number of nitrogens with two attached hydrogens (primary N) is 1. The normalized spacial score (nSPS) is 18.4. The lowest BCUT2D eigenvalue weighted by Crippen LogP contribution is -2.43. The largest absolute Gasteiger partial charge is 0.350 e. The van der Waals surface area contributed by atoms with Gasteiger partial charge in [-0.1, -0.05) is 5.16 Å². The first-order chi connectivity index (χ1) is 3.72. The summed E-state index contributed by atoms with van der Waals surface area (Å²) in [6, 6.07) is 0. The topological polar surface area (TPSA) is 47.2 Å². The molecule has 1 aliphatic rings. The first kappa shape index (κ1) is 5.03. The Morgan fingerprint density at radius 2 is 2.38 bits per heavy atom. The van der Waals surface area contributed by atoms with Crippen LogP contribution in [-0.4, -0.2) is 11.4 Å². The van der Waals surface area contributed by atoms with Crippen molar-refractivity contribution in [2.45, 2.75) is 6.92 Å². The van der Waals surface area contributed by atoms with Gasteiger partial charge in [-0.3, -0.25) is 0 Å². The first-order valence-corrected chi connectivity index (χ1v) is 2.25. The van der Waals surface area contributed by atoms with Crippen LogP contribution in [0.2, 0.25) is 0 Å². The van der Waals surface area contributed by atoms with Gasteiger partial charge in [0.05, 0.1) is 0 Å². The van der Waals surface area contributed by atoms with Crippen LogP contribution in [0.4, 0.5) is 0 Å². The molecule has 8 heavy (non-hydrogen) atoms. The van der Waals surface area contributed by atoms with Crippen LogP contribution < -0.4 is 5.41 Å². The summed E-state index contributed by atoms with van der Waals surface area (Å²) in [4.78, 5) is 4.61. The maximum atomic E-state index is 5.38. The molecule has 0 aromatic carbocycles. The van der Waals surface area contributed by atoms with Gasteiger partial charge in [-0.25, -0.2) is 5.41 Å². The molecule has 0 unspecified atom stereocenters. The summed E-state index contributed by atoms with van der Waals surface area (Å²) >= 11 is 0. The Bertz CT molecular complexity index is 181. The molecule has 3 nitrogen and oxygen atoms in total. The van der Waals surface area contributed by atoms with Gasteiger partial charge < -0.3 is 4.84 Å². The molecule has 2 N–H and O–H groups in total. The average molecular weight is 111 g/mol. The Labute approximate surface area is 47.2 Å². The highest BCUT2D eigenvalue weighted by atomic mass is 16.6. The van der Waals surface area contributed by atoms with Crippen LogP contribution in [0.3, 0.4) is 0 Å². The lowest BCUT2D eigenvalue weighted by molar-refractivity contribution is -0.111. The van der Waals surface area contributed by atoms with Crippen LogP contribution in [0.25, 0.3) is 0 Å². The Balaban J connectivity index is 2.89. The quantitative estimate of drug-likeness (QED) is 0.433. The van der Waals surface area contributed by atoms with Crippen molar-refractivity contribution in [2.75, 3.05) is 0 Å². The van der Waals surface area contributed by atoms with Gasteiger partial charge >= 0.3 is 0 Å². The van der Waals surface area contributed by atoms with Gasteiger partial charge in [0, 0.05) is 0 Å². The second-order valence-corrected chi connectivity index (χ2v) is 1.60. The maximum Gasteiger partial charge on any atom is 0.266 e. The second kappa shape index (κ2) is 1.43. The molecular formula is C5H7N2O+. The molecule has 0 spiro atoms. The molecule has 0 amide bonds. The molecule has 0 radical (unpaired) electrons. The Hall–Kier alpha value is -1.12. The van der Waals surface area contributed by atoms with E-state index in [0.29, 0.717) is 17.2 Å². The van der Waals surface area contributed by atoms with E-state index in [2.05, 4.69) is 16.6 Å². The fraction of sp³-hybridized carbons (Fsp3) is 0.200. The molecule has 1 heterocycles. The zero-order chi connectivity index (χ0) is 6.15. The van der Waals surface area contributed by atoms with Gasteiger partial charge in [0.1, 0.15) is 0 Å². The molecule has 1 aliphatic heterocycles. The number of nitrogens with zero attached hydrogens (tertiary/aromatic N) is 1. The molecule has 0 aromatic heterocycles. The van der Waals surface area contributed by atoms with E-state index in [4.69, 9.17) is 5.41 Å². The highest BCUT2D eigenvalue weighted by Gasteiger charge is 2.20. The van der Waals surface area contributed by atoms with Crippen LogP contribution in [0.5, 0.6) is 0 Å². The molecule has 0 saturated heterocycles. The van der Waals surface area contributed by atoms with E-state index in [-0.39, 0.29) is 0 Å². The minimum Gasteiger partial charge on any atom is -0.350 e. The molecule has 0 bridgehead atoms. The van der Waals surface area contributed by atoms with Gasteiger partial charge in [0.15, 0.2) is 5.71 Å². The van der Waals surface area contributed by atoms with E-state index < -0.39 is 0 Å². The predicted octanol–water partition coefficient (Wildman–Crippen LogP) is -0.894. The molecule has 1 rings (SSSR count). The molecule has 0 saturated carbocycles. The summed E-state index contributed by atoms with van der Waals surface area (Å²) in [7, 11) is 0. The van der Waals surface area contributed by atoms with Crippen molar-refractivity contribution in [1.82, 2.24) is 0 Å². The number of rotatable bonds is 0. The van der Waals surface area contributed by atoms with E-state index in [1.807, 2.05) is 0 Å². The Morgan fingerprint density at radius 3 is 2.50 bits per heavy atom. The molecule has 0 aliphatic carbocycles. The van der Waals surface area contributed by atoms with E-state index in [1.54, 1.807) is 6.92 Å². The number of hydrogen-bond donors (Lipinski definition) is 1. The maximum absolute atomic E-state index is 5.38. The van der Waals surface area contributed by atoms with Crippen LogP contribution >= 0.6 is 0 Å². The highest BCUT2D eigenvalue weighted by Crippen LogP contribution is 2.04. The summed E-state index contributed by atoms with van der Waals surface area (Å²) in [6.45, 7) is 5.26. The molecule has 42 valence electrons. The first-order valence-electron chi connectivity index (χ1n) is 2.25. The van der Waals surface area contributed by atoms with Crippen LogP contribution in [0.15, 0.2) is 17.5 Å². The second-order valence-electron chi connectivity index (χ2n) is 1.60. The van der Waals surface area contributed by atoms with Crippen molar-refractivity contribution in [2.24, 2.45) is 5.16 Å². The summed E-state index contributed by atoms with van der Waals surface area (Å²) < 4.78 is 0. The van der Waals surface area contributed by atoms with Crippen molar-refractivity contribution in [3.8, 4) is 0 Å². The fourth-order valence-corrected chi connectivity index (χ4v) is 0.424. The molecule has 3 heteroatoms. The van der Waals surface area contributed by atoms with E-state index in [9.17, 15) is 0 Å². The van der Waals surface area contributed by atoms with Crippen molar-refractivity contribution >= 4 is 11.4 Å². The summed E-state index contributed by atoms with van der Waals surface area (Å²) in [5.74, 6) is 0.447. The van der Waals surface area contributed by atoms with E-state index >= 15 is 0 Å². The minimum absolute atomic E-state index is 0.447. The molecule has 0 aromatic rings. The van der Waals surface area contributed by atoms with Gasteiger partial charge in [-0.2, -0.15) is 0 Å².